The molecule has 112 valence electrons. The van der Waals surface area contributed by atoms with Crippen LogP contribution in [0.25, 0.3) is 0 Å². The van der Waals surface area contributed by atoms with E-state index in [1.165, 1.54) is 4.90 Å². The largest absolute Gasteiger partial charge is 0.490 e. The Bertz CT molecular complexity index is 604. The van der Waals surface area contributed by atoms with Gasteiger partial charge in [-0.15, -0.1) is 0 Å². The highest BCUT2D eigenvalue weighted by Crippen LogP contribution is 2.45. The summed E-state index contributed by atoms with van der Waals surface area (Å²) in [5, 5.41) is 18.3. The summed E-state index contributed by atoms with van der Waals surface area (Å²) >= 11 is 0. The predicted octanol–water partition coefficient (Wildman–Crippen LogP) is 1.61. The van der Waals surface area contributed by atoms with Crippen LogP contribution in [-0.2, 0) is 11.4 Å². The van der Waals surface area contributed by atoms with Gasteiger partial charge in [-0.3, -0.25) is 9.69 Å². The quantitative estimate of drug-likeness (QED) is 0.852. The SMILES string of the molecule is CCOc1cc(CO)cc2c1OC(C)(C)C(=O)N2CC#N. The second-order valence-corrected chi connectivity index (χ2v) is 5.20. The van der Waals surface area contributed by atoms with Crippen molar-refractivity contribution in [2.75, 3.05) is 18.1 Å². The molecule has 0 saturated heterocycles. The summed E-state index contributed by atoms with van der Waals surface area (Å²) in [5.74, 6) is 0.588. The van der Waals surface area contributed by atoms with E-state index in [2.05, 4.69) is 0 Å². The summed E-state index contributed by atoms with van der Waals surface area (Å²) in [7, 11) is 0. The van der Waals surface area contributed by atoms with Crippen molar-refractivity contribution in [1.29, 1.82) is 5.26 Å². The number of carbonyl (C=O) groups is 1. The Morgan fingerprint density at radius 2 is 2.19 bits per heavy atom. The topological polar surface area (TPSA) is 82.8 Å². The predicted molar refractivity (Wildman–Crippen MR) is 76.2 cm³/mol. The van der Waals surface area contributed by atoms with E-state index < -0.39 is 5.60 Å². The highest BCUT2D eigenvalue weighted by Gasteiger charge is 2.42. The van der Waals surface area contributed by atoms with E-state index in [4.69, 9.17) is 14.7 Å². The Hall–Kier alpha value is -2.26. The minimum atomic E-state index is -1.07. The smallest absolute Gasteiger partial charge is 0.271 e. The van der Waals surface area contributed by atoms with Crippen LogP contribution in [0.5, 0.6) is 11.5 Å². The van der Waals surface area contributed by atoms with E-state index in [9.17, 15) is 9.90 Å². The monoisotopic (exact) mass is 290 g/mol. The van der Waals surface area contributed by atoms with Crippen LogP contribution in [0.2, 0.25) is 0 Å². The van der Waals surface area contributed by atoms with Crippen molar-refractivity contribution in [1.82, 2.24) is 0 Å². The van der Waals surface area contributed by atoms with Crippen LogP contribution in [-0.4, -0.2) is 29.8 Å². The molecule has 1 aromatic rings. The number of rotatable bonds is 4. The third-order valence-electron chi connectivity index (χ3n) is 3.21. The molecule has 6 nitrogen and oxygen atoms in total. The number of aliphatic hydroxyl groups excluding tert-OH is 1. The van der Waals surface area contributed by atoms with Gasteiger partial charge in [-0.05, 0) is 38.5 Å². The summed E-state index contributed by atoms with van der Waals surface area (Å²) < 4.78 is 11.3. The second kappa shape index (κ2) is 5.62. The fourth-order valence-corrected chi connectivity index (χ4v) is 2.26. The van der Waals surface area contributed by atoms with Crippen molar-refractivity contribution in [2.45, 2.75) is 33.0 Å². The zero-order valence-electron chi connectivity index (χ0n) is 12.3. The van der Waals surface area contributed by atoms with Crippen molar-refractivity contribution in [3.63, 3.8) is 0 Å². The maximum atomic E-state index is 12.4. The van der Waals surface area contributed by atoms with Crippen LogP contribution >= 0.6 is 0 Å². The van der Waals surface area contributed by atoms with Crippen LogP contribution in [0, 0.1) is 11.3 Å². The van der Waals surface area contributed by atoms with E-state index >= 15 is 0 Å². The zero-order chi connectivity index (χ0) is 15.6. The molecule has 0 spiro atoms. The van der Waals surface area contributed by atoms with Crippen molar-refractivity contribution < 1.29 is 19.4 Å². The van der Waals surface area contributed by atoms with Gasteiger partial charge in [0.25, 0.3) is 5.91 Å². The summed E-state index contributed by atoms with van der Waals surface area (Å²) in [5.41, 5.74) is -0.0247. The van der Waals surface area contributed by atoms with E-state index in [1.807, 2.05) is 13.0 Å². The Morgan fingerprint density at radius 1 is 1.48 bits per heavy atom. The Morgan fingerprint density at radius 3 is 2.76 bits per heavy atom. The molecule has 0 radical (unpaired) electrons. The van der Waals surface area contributed by atoms with Crippen LogP contribution in [0.15, 0.2) is 12.1 Å². The van der Waals surface area contributed by atoms with Crippen molar-refractivity contribution in [2.24, 2.45) is 0 Å². The molecule has 1 aliphatic rings. The molecule has 0 unspecified atom stereocenters. The average Bonchev–Trinajstić information content (AvgIpc) is 2.44. The molecule has 6 heteroatoms. The minimum absolute atomic E-state index is 0.0843. The molecular formula is C15H18N2O4. The number of hydrogen-bond donors (Lipinski definition) is 1. The van der Waals surface area contributed by atoms with Gasteiger partial charge < -0.3 is 14.6 Å². The summed E-state index contributed by atoms with van der Waals surface area (Å²) in [6, 6.07) is 5.30. The van der Waals surface area contributed by atoms with E-state index in [0.717, 1.165) is 0 Å². The van der Waals surface area contributed by atoms with Gasteiger partial charge in [0.2, 0.25) is 0 Å². The lowest BCUT2D eigenvalue weighted by Gasteiger charge is -2.38. The first-order valence-electron chi connectivity index (χ1n) is 6.73. The number of fused-ring (bicyclic) bond motifs is 1. The van der Waals surface area contributed by atoms with Crippen LogP contribution in [0.1, 0.15) is 26.3 Å². The van der Waals surface area contributed by atoms with Gasteiger partial charge in [-0.25, -0.2) is 0 Å². The van der Waals surface area contributed by atoms with Gasteiger partial charge in [0.15, 0.2) is 17.1 Å². The molecule has 1 aromatic carbocycles. The summed E-state index contributed by atoms with van der Waals surface area (Å²) in [6.07, 6.45) is 0. The van der Waals surface area contributed by atoms with Gasteiger partial charge in [-0.1, -0.05) is 0 Å². The Labute approximate surface area is 123 Å². The van der Waals surface area contributed by atoms with Gasteiger partial charge in [0.1, 0.15) is 6.54 Å². The lowest BCUT2D eigenvalue weighted by molar-refractivity contribution is -0.132. The molecular weight excluding hydrogens is 272 g/mol. The summed E-state index contributed by atoms with van der Waals surface area (Å²) in [6.45, 7) is 5.29. The number of ether oxygens (including phenoxy) is 2. The third kappa shape index (κ3) is 2.65. The van der Waals surface area contributed by atoms with Crippen molar-refractivity contribution in [3.8, 4) is 17.6 Å². The minimum Gasteiger partial charge on any atom is -0.490 e. The molecule has 0 atom stereocenters. The molecule has 1 aliphatic heterocycles. The molecule has 1 heterocycles. The molecule has 1 amide bonds. The average molecular weight is 290 g/mol. The molecule has 2 rings (SSSR count). The normalized spacial score (nSPS) is 16.0. The van der Waals surface area contributed by atoms with Crippen LogP contribution < -0.4 is 14.4 Å². The number of anilines is 1. The lowest BCUT2D eigenvalue weighted by atomic mass is 10.0. The van der Waals surface area contributed by atoms with Gasteiger partial charge in [0, 0.05) is 0 Å². The van der Waals surface area contributed by atoms with E-state index in [1.54, 1.807) is 26.0 Å². The Balaban J connectivity index is 2.64. The first kappa shape index (κ1) is 15.1. The van der Waals surface area contributed by atoms with Gasteiger partial charge >= 0.3 is 0 Å². The highest BCUT2D eigenvalue weighted by atomic mass is 16.5. The zero-order valence-corrected chi connectivity index (χ0v) is 12.3. The first-order valence-corrected chi connectivity index (χ1v) is 6.73. The number of nitriles is 1. The fourth-order valence-electron chi connectivity index (χ4n) is 2.26. The standard InChI is InChI=1S/C15H18N2O4/c1-4-20-12-8-10(9-18)7-11-13(12)21-15(2,3)14(19)17(11)6-5-16/h7-8,18H,4,6,9H2,1-3H3. The number of nitrogens with zero attached hydrogens (tertiary/aromatic N) is 2. The van der Waals surface area contributed by atoms with E-state index in [0.29, 0.717) is 29.4 Å². The van der Waals surface area contributed by atoms with Crippen molar-refractivity contribution in [3.05, 3.63) is 17.7 Å². The highest BCUT2D eigenvalue weighted by molar-refractivity contribution is 6.03. The molecule has 0 aromatic heterocycles. The van der Waals surface area contributed by atoms with E-state index in [-0.39, 0.29) is 19.1 Å². The number of hydrogen-bond acceptors (Lipinski definition) is 5. The molecule has 1 N–H and O–H groups in total. The van der Waals surface area contributed by atoms with Gasteiger partial charge in [0.05, 0.1) is 25.0 Å². The number of amides is 1. The first-order chi connectivity index (χ1) is 9.94. The lowest BCUT2D eigenvalue weighted by Crippen LogP contribution is -2.52. The third-order valence-corrected chi connectivity index (χ3v) is 3.21. The number of aliphatic hydroxyl groups is 1. The molecule has 0 saturated carbocycles. The Kier molecular flexibility index (Phi) is 4.05. The molecule has 0 bridgehead atoms. The fraction of sp³-hybridized carbons (Fsp3) is 0.467. The maximum Gasteiger partial charge on any atom is 0.271 e. The molecule has 21 heavy (non-hydrogen) atoms. The number of carbonyl (C=O) groups excluding carboxylic acids is 1. The number of benzene rings is 1. The van der Waals surface area contributed by atoms with Crippen LogP contribution in [0.4, 0.5) is 5.69 Å². The molecule has 0 aliphatic carbocycles. The maximum absolute atomic E-state index is 12.4. The summed E-state index contributed by atoms with van der Waals surface area (Å²) in [4.78, 5) is 13.8. The van der Waals surface area contributed by atoms with Gasteiger partial charge in [-0.2, -0.15) is 5.26 Å². The van der Waals surface area contributed by atoms with Crippen molar-refractivity contribution >= 4 is 11.6 Å². The molecule has 0 fully saturated rings. The van der Waals surface area contributed by atoms with Crippen LogP contribution in [0.3, 0.4) is 0 Å². The second-order valence-electron chi connectivity index (χ2n) is 5.20.